The van der Waals surface area contributed by atoms with Crippen LogP contribution < -0.4 is 9.46 Å². The number of hydrogen-bond donors (Lipinski definition) is 1. The summed E-state index contributed by atoms with van der Waals surface area (Å²) in [5.41, 5.74) is 0. The van der Waals surface area contributed by atoms with Crippen molar-refractivity contribution in [1.29, 1.82) is 0 Å². The Labute approximate surface area is 83.2 Å². The Bertz CT molecular complexity index is 403. The van der Waals surface area contributed by atoms with Gasteiger partial charge in [0.1, 0.15) is 0 Å². The molecule has 78 valence electrons. The molecule has 0 radical (unpaired) electrons. The van der Waals surface area contributed by atoms with Crippen LogP contribution >= 0.6 is 0 Å². The zero-order valence-corrected chi connectivity index (χ0v) is 8.84. The fourth-order valence-corrected chi connectivity index (χ4v) is 1.92. The van der Waals surface area contributed by atoms with Crippen LogP contribution in [0.3, 0.4) is 0 Å². The monoisotopic (exact) mass is 216 g/mol. The van der Waals surface area contributed by atoms with Crippen LogP contribution in [0, 0.1) is 0 Å². The van der Waals surface area contributed by atoms with E-state index in [4.69, 9.17) is 4.74 Å². The number of rotatable bonds is 4. The fourth-order valence-electron chi connectivity index (χ4n) is 0.923. The smallest absolute Gasteiger partial charge is 0.258 e. The van der Waals surface area contributed by atoms with Crippen molar-refractivity contribution in [1.82, 2.24) is 9.71 Å². The third kappa shape index (κ3) is 2.43. The number of sulfonamides is 1. The van der Waals surface area contributed by atoms with Gasteiger partial charge in [0, 0.05) is 12.6 Å². The average Bonchev–Trinajstić information content (AvgIpc) is 2.18. The van der Waals surface area contributed by atoms with Crippen LogP contribution in [0.25, 0.3) is 0 Å². The Kier molecular flexibility index (Phi) is 3.43. The van der Waals surface area contributed by atoms with Crippen molar-refractivity contribution >= 4 is 10.0 Å². The summed E-state index contributed by atoms with van der Waals surface area (Å²) in [6.45, 7) is 2.04. The van der Waals surface area contributed by atoms with Gasteiger partial charge in [-0.25, -0.2) is 18.1 Å². The van der Waals surface area contributed by atoms with E-state index in [-0.39, 0.29) is 10.9 Å². The highest BCUT2D eigenvalue weighted by Gasteiger charge is 2.14. The number of nitrogens with one attached hydrogen (secondary N) is 1. The van der Waals surface area contributed by atoms with Gasteiger partial charge in [0.15, 0.2) is 5.03 Å². The van der Waals surface area contributed by atoms with Crippen LogP contribution in [0.5, 0.6) is 5.88 Å². The van der Waals surface area contributed by atoms with E-state index in [0.29, 0.717) is 6.54 Å². The molecule has 0 aromatic carbocycles. The highest BCUT2D eigenvalue weighted by molar-refractivity contribution is 7.89. The Morgan fingerprint density at radius 1 is 1.50 bits per heavy atom. The van der Waals surface area contributed by atoms with E-state index in [1.54, 1.807) is 19.1 Å². The number of methoxy groups -OCH3 is 1. The Hall–Kier alpha value is -1.14. The molecule has 6 heteroatoms. The summed E-state index contributed by atoms with van der Waals surface area (Å²) in [4.78, 5) is 3.81. The first-order valence-corrected chi connectivity index (χ1v) is 5.59. The summed E-state index contributed by atoms with van der Waals surface area (Å²) in [6.07, 6.45) is 0. The van der Waals surface area contributed by atoms with E-state index in [1.165, 1.54) is 13.2 Å². The number of pyridine rings is 1. The molecule has 1 aromatic heterocycles. The van der Waals surface area contributed by atoms with Crippen LogP contribution in [0.15, 0.2) is 23.2 Å². The average molecular weight is 216 g/mol. The molecule has 0 saturated carbocycles. The van der Waals surface area contributed by atoms with Crippen molar-refractivity contribution in [2.75, 3.05) is 13.7 Å². The lowest BCUT2D eigenvalue weighted by Crippen LogP contribution is -2.24. The Balaban J connectivity index is 3.07. The molecule has 0 spiro atoms. The third-order valence-corrected chi connectivity index (χ3v) is 2.96. The number of nitrogens with zero attached hydrogens (tertiary/aromatic N) is 1. The van der Waals surface area contributed by atoms with E-state index in [1.807, 2.05) is 0 Å². The van der Waals surface area contributed by atoms with E-state index >= 15 is 0 Å². The van der Waals surface area contributed by atoms with E-state index in [0.717, 1.165) is 0 Å². The fraction of sp³-hybridized carbons (Fsp3) is 0.375. The molecule has 1 heterocycles. The summed E-state index contributed by atoms with van der Waals surface area (Å²) in [7, 11) is -2.05. The number of aromatic nitrogens is 1. The van der Waals surface area contributed by atoms with Gasteiger partial charge >= 0.3 is 0 Å². The summed E-state index contributed by atoms with van der Waals surface area (Å²) in [5.74, 6) is 0.281. The molecule has 1 rings (SSSR count). The van der Waals surface area contributed by atoms with Crippen molar-refractivity contribution < 1.29 is 13.2 Å². The number of ether oxygens (including phenoxy) is 1. The first-order valence-electron chi connectivity index (χ1n) is 4.11. The molecule has 0 aliphatic carbocycles. The lowest BCUT2D eigenvalue weighted by Gasteiger charge is -2.04. The molecule has 0 saturated heterocycles. The first kappa shape index (κ1) is 10.9. The molecule has 0 atom stereocenters. The Morgan fingerprint density at radius 3 is 2.79 bits per heavy atom. The maximum atomic E-state index is 11.5. The summed E-state index contributed by atoms with van der Waals surface area (Å²) < 4.78 is 30.1. The molecule has 1 N–H and O–H groups in total. The number of hydrogen-bond acceptors (Lipinski definition) is 4. The van der Waals surface area contributed by atoms with Crippen LogP contribution in [-0.2, 0) is 10.0 Å². The summed E-state index contributed by atoms with van der Waals surface area (Å²) in [5, 5.41) is -0.0290. The van der Waals surface area contributed by atoms with E-state index < -0.39 is 10.0 Å². The second-order valence-electron chi connectivity index (χ2n) is 2.52. The van der Waals surface area contributed by atoms with Crippen LogP contribution in [-0.4, -0.2) is 27.1 Å². The van der Waals surface area contributed by atoms with Gasteiger partial charge in [0.05, 0.1) is 7.11 Å². The van der Waals surface area contributed by atoms with Crippen LogP contribution in [0.2, 0.25) is 0 Å². The molecule has 5 nitrogen and oxygen atoms in total. The normalized spacial score (nSPS) is 11.3. The van der Waals surface area contributed by atoms with Gasteiger partial charge in [-0.2, -0.15) is 0 Å². The summed E-state index contributed by atoms with van der Waals surface area (Å²) in [6, 6.07) is 4.58. The second kappa shape index (κ2) is 4.39. The molecule has 0 fully saturated rings. The molecule has 0 aliphatic heterocycles. The third-order valence-electron chi connectivity index (χ3n) is 1.52. The predicted octanol–water partition coefficient (Wildman–Crippen LogP) is 0.388. The largest absolute Gasteiger partial charge is 0.481 e. The summed E-state index contributed by atoms with van der Waals surface area (Å²) >= 11 is 0. The van der Waals surface area contributed by atoms with Gasteiger partial charge in [-0.05, 0) is 6.07 Å². The molecule has 0 amide bonds. The maximum Gasteiger partial charge on any atom is 0.258 e. The molecule has 14 heavy (non-hydrogen) atoms. The minimum atomic E-state index is -3.48. The van der Waals surface area contributed by atoms with Gasteiger partial charge < -0.3 is 4.74 Å². The molecule has 0 bridgehead atoms. The molecule has 1 aromatic rings. The van der Waals surface area contributed by atoms with Crippen molar-refractivity contribution in [3.05, 3.63) is 18.2 Å². The first-order chi connectivity index (χ1) is 6.60. The standard InChI is InChI=1S/C8H12N2O3S/c1-3-9-14(11,12)8-6-4-5-7(10-8)13-2/h4-6,9H,3H2,1-2H3. The predicted molar refractivity (Wildman–Crippen MR) is 51.7 cm³/mol. The van der Waals surface area contributed by atoms with Gasteiger partial charge in [-0.1, -0.05) is 13.0 Å². The van der Waals surface area contributed by atoms with Gasteiger partial charge in [-0.3, -0.25) is 0 Å². The van der Waals surface area contributed by atoms with E-state index in [9.17, 15) is 8.42 Å². The zero-order valence-electron chi connectivity index (χ0n) is 8.02. The van der Waals surface area contributed by atoms with Gasteiger partial charge in [0.2, 0.25) is 5.88 Å². The highest BCUT2D eigenvalue weighted by Crippen LogP contribution is 2.10. The van der Waals surface area contributed by atoms with Crippen molar-refractivity contribution in [3.63, 3.8) is 0 Å². The van der Waals surface area contributed by atoms with Crippen molar-refractivity contribution in [2.24, 2.45) is 0 Å². The molecular weight excluding hydrogens is 204 g/mol. The lowest BCUT2D eigenvalue weighted by atomic mass is 10.5. The minimum Gasteiger partial charge on any atom is -0.481 e. The van der Waals surface area contributed by atoms with Crippen LogP contribution in [0.1, 0.15) is 6.92 Å². The SMILES string of the molecule is CCNS(=O)(=O)c1cccc(OC)n1. The Morgan fingerprint density at radius 2 is 2.21 bits per heavy atom. The van der Waals surface area contributed by atoms with Crippen molar-refractivity contribution in [3.8, 4) is 5.88 Å². The minimum absolute atomic E-state index is 0.0290. The topological polar surface area (TPSA) is 68.3 Å². The highest BCUT2D eigenvalue weighted by atomic mass is 32.2. The quantitative estimate of drug-likeness (QED) is 0.790. The zero-order chi connectivity index (χ0) is 10.6. The van der Waals surface area contributed by atoms with Gasteiger partial charge in [0.25, 0.3) is 10.0 Å². The van der Waals surface area contributed by atoms with E-state index in [2.05, 4.69) is 9.71 Å². The van der Waals surface area contributed by atoms with Crippen LogP contribution in [0.4, 0.5) is 0 Å². The molecule has 0 aliphatic rings. The van der Waals surface area contributed by atoms with Crippen molar-refractivity contribution in [2.45, 2.75) is 11.9 Å². The van der Waals surface area contributed by atoms with Gasteiger partial charge in [-0.15, -0.1) is 0 Å². The lowest BCUT2D eigenvalue weighted by molar-refractivity contribution is 0.393. The second-order valence-corrected chi connectivity index (χ2v) is 4.23. The molecule has 0 unspecified atom stereocenters. The maximum absolute atomic E-state index is 11.5. The molecular formula is C8H12N2O3S.